The van der Waals surface area contributed by atoms with Gasteiger partial charge in [-0.05, 0) is 37.6 Å². The van der Waals surface area contributed by atoms with E-state index in [-0.39, 0.29) is 5.69 Å². The predicted molar refractivity (Wildman–Crippen MR) is 61.3 cm³/mol. The Kier molecular flexibility index (Phi) is 2.25. The Balaban J connectivity index is 2.01. The van der Waals surface area contributed by atoms with Crippen LogP contribution in [0.2, 0.25) is 0 Å². The highest BCUT2D eigenvalue weighted by atomic mass is 16.1. The fourth-order valence-corrected chi connectivity index (χ4v) is 2.30. The molecule has 1 unspecified atom stereocenters. The van der Waals surface area contributed by atoms with E-state index in [0.29, 0.717) is 11.6 Å². The highest BCUT2D eigenvalue weighted by Crippen LogP contribution is 2.13. The molecule has 2 N–H and O–H groups in total. The zero-order chi connectivity index (χ0) is 11.0. The maximum absolute atomic E-state index is 11.8. The first-order chi connectivity index (χ1) is 7.84. The maximum atomic E-state index is 11.8. The van der Waals surface area contributed by atoms with Gasteiger partial charge in [0.2, 0.25) is 0 Å². The summed E-state index contributed by atoms with van der Waals surface area (Å²) in [6, 6.07) is 3.79. The molecular weight excluding hydrogens is 204 g/mol. The van der Waals surface area contributed by atoms with Gasteiger partial charge in [-0.15, -0.1) is 0 Å². The van der Waals surface area contributed by atoms with Gasteiger partial charge in [0.05, 0.1) is 5.52 Å². The van der Waals surface area contributed by atoms with Crippen molar-refractivity contribution in [3.05, 3.63) is 28.8 Å². The molecule has 1 atom stereocenters. The Morgan fingerprint density at radius 2 is 2.50 bits per heavy atom. The van der Waals surface area contributed by atoms with E-state index in [1.54, 1.807) is 10.8 Å². The zero-order valence-electron chi connectivity index (χ0n) is 8.94. The minimum atomic E-state index is -0.0550. The van der Waals surface area contributed by atoms with Crippen LogP contribution in [0, 0.1) is 5.92 Å². The first-order valence-corrected chi connectivity index (χ1v) is 5.59. The van der Waals surface area contributed by atoms with E-state index in [2.05, 4.69) is 15.3 Å². The van der Waals surface area contributed by atoms with Crippen LogP contribution in [0.15, 0.2) is 23.1 Å². The van der Waals surface area contributed by atoms with Gasteiger partial charge in [0.25, 0.3) is 0 Å². The van der Waals surface area contributed by atoms with Gasteiger partial charge in [-0.3, -0.25) is 9.55 Å². The SMILES string of the molecule is O=c1[nH]c2ncccc2n1CC1CCNC1. The highest BCUT2D eigenvalue weighted by molar-refractivity contribution is 5.70. The molecule has 1 aliphatic rings. The lowest BCUT2D eigenvalue weighted by Gasteiger charge is -2.08. The molecule has 16 heavy (non-hydrogen) atoms. The summed E-state index contributed by atoms with van der Waals surface area (Å²) in [5, 5.41) is 3.31. The molecule has 2 aromatic heterocycles. The zero-order valence-corrected chi connectivity index (χ0v) is 8.94. The number of hydrogen-bond donors (Lipinski definition) is 2. The van der Waals surface area contributed by atoms with Gasteiger partial charge in [0.1, 0.15) is 0 Å². The summed E-state index contributed by atoms with van der Waals surface area (Å²) < 4.78 is 1.79. The summed E-state index contributed by atoms with van der Waals surface area (Å²) >= 11 is 0. The molecule has 1 saturated heterocycles. The number of aromatic nitrogens is 3. The highest BCUT2D eigenvalue weighted by Gasteiger charge is 2.17. The normalized spacial score (nSPS) is 20.6. The molecule has 2 aromatic rings. The van der Waals surface area contributed by atoms with Crippen LogP contribution in [0.1, 0.15) is 6.42 Å². The van der Waals surface area contributed by atoms with E-state index in [1.165, 1.54) is 0 Å². The first-order valence-electron chi connectivity index (χ1n) is 5.59. The topological polar surface area (TPSA) is 62.7 Å². The lowest BCUT2D eigenvalue weighted by molar-refractivity contribution is 0.481. The molecule has 0 amide bonds. The molecule has 0 radical (unpaired) electrons. The number of pyridine rings is 1. The second kappa shape index (κ2) is 3.75. The van der Waals surface area contributed by atoms with Gasteiger partial charge in [0.15, 0.2) is 5.65 Å². The molecule has 0 saturated carbocycles. The van der Waals surface area contributed by atoms with Crippen LogP contribution >= 0.6 is 0 Å². The van der Waals surface area contributed by atoms with Crippen LogP contribution in [0.3, 0.4) is 0 Å². The molecule has 1 fully saturated rings. The van der Waals surface area contributed by atoms with Crippen LogP contribution in [0.25, 0.3) is 11.2 Å². The number of rotatable bonds is 2. The van der Waals surface area contributed by atoms with Crippen molar-refractivity contribution in [2.75, 3.05) is 13.1 Å². The fraction of sp³-hybridized carbons (Fsp3) is 0.455. The summed E-state index contributed by atoms with van der Waals surface area (Å²) in [7, 11) is 0. The molecule has 3 rings (SSSR count). The number of fused-ring (bicyclic) bond motifs is 1. The van der Waals surface area contributed by atoms with E-state index in [1.807, 2.05) is 12.1 Å². The van der Waals surface area contributed by atoms with E-state index < -0.39 is 0 Å². The van der Waals surface area contributed by atoms with Crippen LogP contribution in [-0.2, 0) is 6.54 Å². The van der Waals surface area contributed by atoms with Crippen molar-refractivity contribution in [3.8, 4) is 0 Å². The van der Waals surface area contributed by atoms with Crippen molar-refractivity contribution >= 4 is 11.2 Å². The third-order valence-electron chi connectivity index (χ3n) is 3.15. The van der Waals surface area contributed by atoms with Gasteiger partial charge in [-0.25, -0.2) is 9.78 Å². The molecule has 84 valence electrons. The standard InChI is InChI=1S/C11H14N4O/c16-11-14-10-9(2-1-4-13-10)15(11)7-8-3-5-12-6-8/h1-2,4,8,12H,3,5-7H2,(H,13,14,16). The lowest BCUT2D eigenvalue weighted by Crippen LogP contribution is -2.22. The number of nitrogens with one attached hydrogen (secondary N) is 2. The van der Waals surface area contributed by atoms with Crippen LogP contribution in [0.4, 0.5) is 0 Å². The Morgan fingerprint density at radius 1 is 1.56 bits per heavy atom. The summed E-state index contributed by atoms with van der Waals surface area (Å²) in [5.74, 6) is 0.553. The van der Waals surface area contributed by atoms with Gasteiger partial charge >= 0.3 is 5.69 Å². The largest absolute Gasteiger partial charge is 0.327 e. The smallest absolute Gasteiger partial charge is 0.316 e. The van der Waals surface area contributed by atoms with Crippen molar-refractivity contribution < 1.29 is 0 Å². The van der Waals surface area contributed by atoms with E-state index >= 15 is 0 Å². The van der Waals surface area contributed by atoms with Crippen LogP contribution in [-0.4, -0.2) is 27.6 Å². The number of nitrogens with zero attached hydrogens (tertiary/aromatic N) is 2. The van der Waals surface area contributed by atoms with Crippen molar-refractivity contribution in [1.82, 2.24) is 19.9 Å². The molecule has 0 spiro atoms. The second-order valence-electron chi connectivity index (χ2n) is 4.27. The summed E-state index contributed by atoms with van der Waals surface area (Å²) in [5.41, 5.74) is 1.53. The summed E-state index contributed by atoms with van der Waals surface area (Å²) in [6.45, 7) is 2.83. The van der Waals surface area contributed by atoms with Crippen LogP contribution < -0.4 is 11.0 Å². The monoisotopic (exact) mass is 218 g/mol. The van der Waals surface area contributed by atoms with Gasteiger partial charge in [-0.1, -0.05) is 0 Å². The van der Waals surface area contributed by atoms with Crippen molar-refractivity contribution in [2.45, 2.75) is 13.0 Å². The van der Waals surface area contributed by atoms with Gasteiger partial charge in [-0.2, -0.15) is 0 Å². The Hall–Kier alpha value is -1.62. The second-order valence-corrected chi connectivity index (χ2v) is 4.27. The van der Waals surface area contributed by atoms with Crippen molar-refractivity contribution in [1.29, 1.82) is 0 Å². The number of hydrogen-bond acceptors (Lipinski definition) is 3. The van der Waals surface area contributed by atoms with Crippen molar-refractivity contribution in [2.24, 2.45) is 5.92 Å². The average Bonchev–Trinajstić information content (AvgIpc) is 2.89. The quantitative estimate of drug-likeness (QED) is 0.763. The minimum absolute atomic E-state index is 0.0550. The van der Waals surface area contributed by atoms with E-state index in [4.69, 9.17) is 0 Å². The average molecular weight is 218 g/mol. The molecule has 5 nitrogen and oxygen atoms in total. The van der Waals surface area contributed by atoms with E-state index in [0.717, 1.165) is 31.6 Å². The van der Waals surface area contributed by atoms with Gasteiger partial charge in [0, 0.05) is 12.7 Å². The molecule has 0 aromatic carbocycles. The summed E-state index contributed by atoms with van der Waals surface area (Å²) in [6.07, 6.45) is 2.83. The third-order valence-corrected chi connectivity index (χ3v) is 3.15. The maximum Gasteiger partial charge on any atom is 0.327 e. The minimum Gasteiger partial charge on any atom is -0.316 e. The Morgan fingerprint density at radius 3 is 3.31 bits per heavy atom. The fourth-order valence-electron chi connectivity index (χ4n) is 2.30. The number of H-pyrrole nitrogens is 1. The summed E-state index contributed by atoms with van der Waals surface area (Å²) in [4.78, 5) is 18.7. The predicted octanol–water partition coefficient (Wildman–Crippen LogP) is 0.334. The van der Waals surface area contributed by atoms with Gasteiger partial charge < -0.3 is 5.32 Å². The first kappa shape index (κ1) is 9.59. The molecule has 0 aliphatic carbocycles. The molecule has 3 heterocycles. The molecule has 0 bridgehead atoms. The third kappa shape index (κ3) is 1.53. The Bertz CT molecular complexity index is 550. The van der Waals surface area contributed by atoms with Crippen molar-refractivity contribution in [3.63, 3.8) is 0 Å². The lowest BCUT2D eigenvalue weighted by atomic mass is 10.1. The van der Waals surface area contributed by atoms with Crippen LogP contribution in [0.5, 0.6) is 0 Å². The molecule has 1 aliphatic heterocycles. The number of imidazole rings is 1. The van der Waals surface area contributed by atoms with E-state index in [9.17, 15) is 4.79 Å². The molecular formula is C11H14N4O. The number of aromatic amines is 1. The Labute approximate surface area is 92.5 Å². The molecule has 5 heteroatoms.